The van der Waals surface area contributed by atoms with Crippen molar-refractivity contribution < 1.29 is 14.3 Å². The molecule has 0 saturated carbocycles. The average molecular weight is 277 g/mol. The molecular weight excluding hydrogens is 258 g/mol. The van der Waals surface area contributed by atoms with Crippen molar-refractivity contribution in [2.45, 2.75) is 26.3 Å². The third-order valence-electron chi connectivity index (χ3n) is 2.20. The van der Waals surface area contributed by atoms with Crippen LogP contribution in [0.2, 0.25) is 0 Å². The molecule has 1 aromatic carbocycles. The maximum absolute atomic E-state index is 11.5. The third-order valence-corrected chi connectivity index (χ3v) is 2.20. The molecule has 20 heavy (non-hydrogen) atoms. The Labute approximate surface area is 118 Å². The SMILES string of the molecule is COc1ccccc1C=NNC(=O)C(=O)NC(C)(C)C. The lowest BCUT2D eigenvalue weighted by Crippen LogP contribution is -2.47. The second-order valence-electron chi connectivity index (χ2n) is 5.15. The van der Waals surface area contributed by atoms with E-state index in [0.717, 1.165) is 0 Å². The molecule has 6 heteroatoms. The summed E-state index contributed by atoms with van der Waals surface area (Å²) in [5.41, 5.74) is 2.40. The Bertz CT molecular complexity index is 519. The Morgan fingerprint density at radius 2 is 1.85 bits per heavy atom. The van der Waals surface area contributed by atoms with Crippen molar-refractivity contribution >= 4 is 18.0 Å². The molecule has 0 spiro atoms. The number of methoxy groups -OCH3 is 1. The summed E-state index contributed by atoms with van der Waals surface area (Å²) in [6, 6.07) is 7.20. The summed E-state index contributed by atoms with van der Waals surface area (Å²) in [6.45, 7) is 5.36. The summed E-state index contributed by atoms with van der Waals surface area (Å²) in [6.07, 6.45) is 1.42. The minimum Gasteiger partial charge on any atom is -0.496 e. The topological polar surface area (TPSA) is 79.8 Å². The first-order valence-electron chi connectivity index (χ1n) is 6.12. The lowest BCUT2D eigenvalue weighted by molar-refractivity contribution is -0.140. The second-order valence-corrected chi connectivity index (χ2v) is 5.15. The highest BCUT2D eigenvalue weighted by atomic mass is 16.5. The van der Waals surface area contributed by atoms with E-state index in [1.165, 1.54) is 6.21 Å². The highest BCUT2D eigenvalue weighted by Crippen LogP contribution is 2.14. The minimum absolute atomic E-state index is 0.471. The molecule has 0 saturated heterocycles. The maximum Gasteiger partial charge on any atom is 0.329 e. The van der Waals surface area contributed by atoms with Gasteiger partial charge in [0.15, 0.2) is 0 Å². The van der Waals surface area contributed by atoms with Crippen LogP contribution in [-0.2, 0) is 9.59 Å². The number of carbonyl (C=O) groups is 2. The van der Waals surface area contributed by atoms with Crippen LogP contribution >= 0.6 is 0 Å². The molecule has 0 heterocycles. The first kappa shape index (κ1) is 15.7. The van der Waals surface area contributed by atoms with Gasteiger partial charge in [-0.05, 0) is 32.9 Å². The predicted octanol–water partition coefficient (Wildman–Crippen LogP) is 1.06. The van der Waals surface area contributed by atoms with E-state index in [-0.39, 0.29) is 0 Å². The zero-order valence-electron chi connectivity index (χ0n) is 12.1. The molecule has 0 aliphatic rings. The number of ether oxygens (including phenoxy) is 1. The molecule has 0 unspecified atom stereocenters. The van der Waals surface area contributed by atoms with Gasteiger partial charge in [0.2, 0.25) is 0 Å². The van der Waals surface area contributed by atoms with E-state index in [4.69, 9.17) is 4.74 Å². The lowest BCUT2D eigenvalue weighted by atomic mass is 10.1. The monoisotopic (exact) mass is 277 g/mol. The van der Waals surface area contributed by atoms with Gasteiger partial charge in [0.1, 0.15) is 5.75 Å². The van der Waals surface area contributed by atoms with E-state index in [2.05, 4.69) is 15.8 Å². The zero-order chi connectivity index (χ0) is 15.2. The van der Waals surface area contributed by atoms with Crippen LogP contribution in [-0.4, -0.2) is 30.7 Å². The average Bonchev–Trinajstić information content (AvgIpc) is 2.37. The molecule has 0 aliphatic heterocycles. The van der Waals surface area contributed by atoms with E-state index in [1.54, 1.807) is 40.0 Å². The standard InChI is InChI=1S/C14H19N3O3/c1-14(2,3)16-12(18)13(19)17-15-9-10-7-5-6-8-11(10)20-4/h5-9H,1-4H3,(H,16,18)(H,17,19). The van der Waals surface area contributed by atoms with Crippen molar-refractivity contribution in [1.29, 1.82) is 0 Å². The minimum atomic E-state index is -0.814. The summed E-state index contributed by atoms with van der Waals surface area (Å²) in [5, 5.41) is 6.28. The van der Waals surface area contributed by atoms with Gasteiger partial charge in [0, 0.05) is 11.1 Å². The van der Waals surface area contributed by atoms with Gasteiger partial charge < -0.3 is 10.1 Å². The van der Waals surface area contributed by atoms with Crippen LogP contribution in [0.4, 0.5) is 0 Å². The first-order valence-corrected chi connectivity index (χ1v) is 6.12. The predicted molar refractivity (Wildman–Crippen MR) is 76.6 cm³/mol. The number of carbonyl (C=O) groups excluding carboxylic acids is 2. The number of benzene rings is 1. The zero-order valence-corrected chi connectivity index (χ0v) is 12.1. The summed E-state index contributed by atoms with van der Waals surface area (Å²) in [5.74, 6) is -0.912. The van der Waals surface area contributed by atoms with Crippen LogP contribution < -0.4 is 15.5 Å². The number of hydrogen-bond acceptors (Lipinski definition) is 4. The highest BCUT2D eigenvalue weighted by molar-refractivity contribution is 6.35. The molecular formula is C14H19N3O3. The van der Waals surface area contributed by atoms with Crippen molar-refractivity contribution in [2.75, 3.05) is 7.11 Å². The fourth-order valence-corrected chi connectivity index (χ4v) is 1.38. The van der Waals surface area contributed by atoms with Crippen molar-refractivity contribution in [2.24, 2.45) is 5.10 Å². The third kappa shape index (κ3) is 5.09. The van der Waals surface area contributed by atoms with Crippen LogP contribution in [0, 0.1) is 0 Å². The Hall–Kier alpha value is -2.37. The van der Waals surface area contributed by atoms with Crippen molar-refractivity contribution in [3.63, 3.8) is 0 Å². The summed E-state index contributed by atoms with van der Waals surface area (Å²) < 4.78 is 5.13. The van der Waals surface area contributed by atoms with Crippen LogP contribution in [0.25, 0.3) is 0 Å². The highest BCUT2D eigenvalue weighted by Gasteiger charge is 2.19. The molecule has 0 radical (unpaired) electrons. The molecule has 2 amide bonds. The maximum atomic E-state index is 11.5. The number of nitrogens with one attached hydrogen (secondary N) is 2. The lowest BCUT2D eigenvalue weighted by Gasteiger charge is -2.19. The number of para-hydroxylation sites is 1. The van der Waals surface area contributed by atoms with E-state index >= 15 is 0 Å². The van der Waals surface area contributed by atoms with Gasteiger partial charge in [-0.3, -0.25) is 9.59 Å². The van der Waals surface area contributed by atoms with E-state index in [1.807, 2.05) is 12.1 Å². The molecule has 6 nitrogen and oxygen atoms in total. The van der Waals surface area contributed by atoms with E-state index in [0.29, 0.717) is 11.3 Å². The number of hydrazone groups is 1. The van der Waals surface area contributed by atoms with Gasteiger partial charge in [0.05, 0.1) is 13.3 Å². The summed E-state index contributed by atoms with van der Waals surface area (Å²) >= 11 is 0. The van der Waals surface area contributed by atoms with Gasteiger partial charge in [0.25, 0.3) is 0 Å². The molecule has 0 fully saturated rings. The first-order chi connectivity index (χ1) is 9.33. The van der Waals surface area contributed by atoms with Crippen molar-refractivity contribution in [3.8, 4) is 5.75 Å². The fraction of sp³-hybridized carbons (Fsp3) is 0.357. The molecule has 1 aromatic rings. The Kier molecular flexibility index (Phi) is 5.25. The van der Waals surface area contributed by atoms with Gasteiger partial charge in [-0.2, -0.15) is 5.10 Å². The van der Waals surface area contributed by atoms with Crippen molar-refractivity contribution in [3.05, 3.63) is 29.8 Å². The molecule has 2 N–H and O–H groups in total. The second kappa shape index (κ2) is 6.70. The van der Waals surface area contributed by atoms with E-state index < -0.39 is 17.4 Å². The number of hydrogen-bond donors (Lipinski definition) is 2. The number of nitrogens with zero attached hydrogens (tertiary/aromatic N) is 1. The fourth-order valence-electron chi connectivity index (χ4n) is 1.38. The van der Waals surface area contributed by atoms with Gasteiger partial charge in [-0.25, -0.2) is 5.43 Å². The Morgan fingerprint density at radius 3 is 2.45 bits per heavy atom. The van der Waals surface area contributed by atoms with Crippen LogP contribution in [0.3, 0.4) is 0 Å². The van der Waals surface area contributed by atoms with Crippen molar-refractivity contribution in [1.82, 2.24) is 10.7 Å². The van der Waals surface area contributed by atoms with Gasteiger partial charge >= 0.3 is 11.8 Å². The van der Waals surface area contributed by atoms with Crippen LogP contribution in [0.1, 0.15) is 26.3 Å². The molecule has 1 rings (SSSR count). The molecule has 108 valence electrons. The molecule has 0 aliphatic carbocycles. The van der Waals surface area contributed by atoms with Gasteiger partial charge in [-0.15, -0.1) is 0 Å². The molecule has 0 aromatic heterocycles. The Morgan fingerprint density at radius 1 is 1.20 bits per heavy atom. The quantitative estimate of drug-likeness (QED) is 0.492. The molecule has 0 atom stereocenters. The summed E-state index contributed by atoms with van der Waals surface area (Å²) in [4.78, 5) is 23.0. The smallest absolute Gasteiger partial charge is 0.329 e. The Balaban J connectivity index is 2.60. The normalized spacial score (nSPS) is 11.2. The van der Waals surface area contributed by atoms with Crippen LogP contribution in [0.5, 0.6) is 5.75 Å². The van der Waals surface area contributed by atoms with Gasteiger partial charge in [-0.1, -0.05) is 12.1 Å². The molecule has 0 bridgehead atoms. The number of rotatable bonds is 3. The van der Waals surface area contributed by atoms with Crippen LogP contribution in [0.15, 0.2) is 29.4 Å². The van der Waals surface area contributed by atoms with E-state index in [9.17, 15) is 9.59 Å². The largest absolute Gasteiger partial charge is 0.496 e. The summed E-state index contributed by atoms with van der Waals surface area (Å²) in [7, 11) is 1.54. The number of amides is 2.